The minimum atomic E-state index is 1.11. The van der Waals surface area contributed by atoms with Crippen LogP contribution in [0.2, 0.25) is 0 Å². The molecule has 0 heterocycles. The van der Waals surface area contributed by atoms with Gasteiger partial charge in [0.05, 0.1) is 0 Å². The predicted molar refractivity (Wildman–Crippen MR) is 23.5 cm³/mol. The van der Waals surface area contributed by atoms with Crippen molar-refractivity contribution < 1.29 is 0 Å². The van der Waals surface area contributed by atoms with Gasteiger partial charge in [0.25, 0.3) is 0 Å². The lowest BCUT2D eigenvalue weighted by atomic mass is 10.6. The van der Waals surface area contributed by atoms with Crippen LogP contribution in [0.1, 0.15) is 13.3 Å². The van der Waals surface area contributed by atoms with Crippen LogP contribution in [0, 0.1) is 5.33 Å². The summed E-state index contributed by atoms with van der Waals surface area (Å²) in [7, 11) is 0. The van der Waals surface area contributed by atoms with Crippen LogP contribution >= 0.6 is 15.9 Å². The molecule has 0 saturated heterocycles. The van der Waals surface area contributed by atoms with Crippen LogP contribution < -0.4 is 0 Å². The lowest BCUT2D eigenvalue weighted by Crippen LogP contribution is -1.43. The molecule has 0 aromatic rings. The van der Waals surface area contributed by atoms with Gasteiger partial charge in [-0.05, 0) is 6.42 Å². The van der Waals surface area contributed by atoms with E-state index >= 15 is 0 Å². The van der Waals surface area contributed by atoms with Crippen molar-refractivity contribution in [2.24, 2.45) is 0 Å². The minimum absolute atomic E-state index is 1.11. The molecule has 0 bridgehead atoms. The Morgan fingerprint density at radius 2 is 2.25 bits per heavy atom. The molecule has 0 atom stereocenters. The molecule has 1 radical (unpaired) electrons. The van der Waals surface area contributed by atoms with E-state index in [1.54, 1.807) is 0 Å². The van der Waals surface area contributed by atoms with Gasteiger partial charge in [0, 0.05) is 5.33 Å². The summed E-state index contributed by atoms with van der Waals surface area (Å²) in [5.74, 6) is 0. The van der Waals surface area contributed by atoms with E-state index in [1.165, 1.54) is 0 Å². The molecule has 0 aromatic carbocycles. The Hall–Kier alpha value is 0.480. The number of hydrogen-bond donors (Lipinski definition) is 0. The number of rotatable bonds is 1. The predicted octanol–water partition coefficient (Wildman–Crippen LogP) is 1.95. The van der Waals surface area contributed by atoms with E-state index in [2.05, 4.69) is 22.9 Å². The first-order valence-corrected chi connectivity index (χ1v) is 2.25. The zero-order valence-corrected chi connectivity index (χ0v) is 4.25. The molecule has 0 unspecified atom stereocenters. The second-order valence-electron chi connectivity index (χ2n) is 0.563. The summed E-state index contributed by atoms with van der Waals surface area (Å²) in [5, 5.41) is 1.94. The van der Waals surface area contributed by atoms with Crippen molar-refractivity contribution in [1.29, 1.82) is 0 Å². The van der Waals surface area contributed by atoms with E-state index in [4.69, 9.17) is 0 Å². The molecule has 0 amide bonds. The maximum Gasteiger partial charge on any atom is 0.0268 e. The molecule has 0 fully saturated rings. The average Bonchev–Trinajstić information content (AvgIpc) is 1.37. The first kappa shape index (κ1) is 4.48. The van der Waals surface area contributed by atoms with Crippen LogP contribution in [-0.2, 0) is 0 Å². The number of hydrogen-bond acceptors (Lipinski definition) is 0. The normalized spacial score (nSPS) is 7.50. The molecule has 25 valence electrons. The lowest BCUT2D eigenvalue weighted by Gasteiger charge is -1.64. The monoisotopic (exact) mass is 121 g/mol. The maximum absolute atomic E-state index is 3.12. The zero-order chi connectivity index (χ0) is 3.41. The van der Waals surface area contributed by atoms with Gasteiger partial charge in [-0.3, -0.25) is 0 Å². The highest BCUT2D eigenvalue weighted by Gasteiger charge is 1.59. The number of halogens is 1. The second-order valence-corrected chi connectivity index (χ2v) is 1.21. The molecule has 0 spiro atoms. The van der Waals surface area contributed by atoms with Crippen molar-refractivity contribution in [2.75, 3.05) is 0 Å². The van der Waals surface area contributed by atoms with Crippen molar-refractivity contribution in [3.05, 3.63) is 5.33 Å². The summed E-state index contributed by atoms with van der Waals surface area (Å²) in [6, 6.07) is 0. The van der Waals surface area contributed by atoms with Gasteiger partial charge < -0.3 is 0 Å². The van der Waals surface area contributed by atoms with Crippen molar-refractivity contribution in [1.82, 2.24) is 0 Å². The summed E-state index contributed by atoms with van der Waals surface area (Å²) >= 11 is 3.12. The molecule has 0 aliphatic heterocycles. The smallest absolute Gasteiger partial charge is 0.0268 e. The van der Waals surface area contributed by atoms with E-state index in [9.17, 15) is 0 Å². The van der Waals surface area contributed by atoms with Gasteiger partial charge in [0.1, 0.15) is 0 Å². The highest BCUT2D eigenvalue weighted by Crippen LogP contribution is 1.89. The molecule has 0 rings (SSSR count). The minimum Gasteiger partial charge on any atom is -0.0879 e. The highest BCUT2D eigenvalue weighted by atomic mass is 79.9. The summed E-state index contributed by atoms with van der Waals surface area (Å²) in [6.07, 6.45) is 1.11. The van der Waals surface area contributed by atoms with Crippen LogP contribution in [-0.4, -0.2) is 0 Å². The molecule has 0 N–H and O–H groups in total. The third-order valence-electron chi connectivity index (χ3n) is 0.154. The van der Waals surface area contributed by atoms with Gasteiger partial charge in [0.15, 0.2) is 0 Å². The quantitative estimate of drug-likeness (QED) is 0.498. The average molecular weight is 122 g/mol. The van der Waals surface area contributed by atoms with E-state index in [-0.39, 0.29) is 0 Å². The Morgan fingerprint density at radius 3 is 2.25 bits per heavy atom. The SMILES string of the molecule is CC[CH]Br. The fraction of sp³-hybridized carbons (Fsp3) is 0.667. The molecule has 0 aliphatic carbocycles. The molecule has 0 aliphatic rings. The Labute approximate surface area is 35.3 Å². The first-order valence-electron chi connectivity index (χ1n) is 1.33. The lowest BCUT2D eigenvalue weighted by molar-refractivity contribution is 1.21. The fourth-order valence-corrected chi connectivity index (χ4v) is 0. The van der Waals surface area contributed by atoms with Crippen LogP contribution in [0.4, 0.5) is 0 Å². The second kappa shape index (κ2) is 3.48. The summed E-state index contributed by atoms with van der Waals surface area (Å²) in [5.41, 5.74) is 0. The largest absolute Gasteiger partial charge is 0.0879 e. The summed E-state index contributed by atoms with van der Waals surface area (Å²) in [6.45, 7) is 2.08. The van der Waals surface area contributed by atoms with Gasteiger partial charge in [-0.1, -0.05) is 22.9 Å². The van der Waals surface area contributed by atoms with E-state index in [0.29, 0.717) is 0 Å². The topological polar surface area (TPSA) is 0 Å². The third kappa shape index (κ3) is 2.48. The highest BCUT2D eigenvalue weighted by molar-refractivity contribution is 9.10. The Morgan fingerprint density at radius 1 is 2.00 bits per heavy atom. The van der Waals surface area contributed by atoms with E-state index in [0.717, 1.165) is 6.42 Å². The molecular weight excluding hydrogens is 116 g/mol. The fourth-order valence-electron chi connectivity index (χ4n) is 0. The van der Waals surface area contributed by atoms with Crippen molar-refractivity contribution in [2.45, 2.75) is 13.3 Å². The first-order chi connectivity index (χ1) is 1.91. The zero-order valence-electron chi connectivity index (χ0n) is 2.66. The Bertz CT molecular complexity index is 5.25. The van der Waals surface area contributed by atoms with Gasteiger partial charge in [-0.2, -0.15) is 0 Å². The van der Waals surface area contributed by atoms with Crippen LogP contribution in [0.25, 0.3) is 0 Å². The van der Waals surface area contributed by atoms with Crippen molar-refractivity contribution >= 4 is 15.9 Å². The molecule has 1 heteroatoms. The van der Waals surface area contributed by atoms with Crippen LogP contribution in [0.15, 0.2) is 0 Å². The van der Waals surface area contributed by atoms with Crippen molar-refractivity contribution in [3.8, 4) is 0 Å². The van der Waals surface area contributed by atoms with E-state index in [1.807, 2.05) is 5.33 Å². The van der Waals surface area contributed by atoms with E-state index < -0.39 is 0 Å². The van der Waals surface area contributed by atoms with Crippen molar-refractivity contribution in [3.63, 3.8) is 0 Å². The molecule has 4 heavy (non-hydrogen) atoms. The molecule has 0 saturated carbocycles. The van der Waals surface area contributed by atoms with Gasteiger partial charge in [-0.15, -0.1) is 0 Å². The van der Waals surface area contributed by atoms with Gasteiger partial charge in [-0.25, -0.2) is 0 Å². The maximum atomic E-state index is 3.12. The van der Waals surface area contributed by atoms with Crippen LogP contribution in [0.3, 0.4) is 0 Å². The van der Waals surface area contributed by atoms with Gasteiger partial charge in [0.2, 0.25) is 0 Å². The summed E-state index contributed by atoms with van der Waals surface area (Å²) < 4.78 is 0. The standard InChI is InChI=1S/C3H6Br/c1-2-3-4/h3H,2H2,1H3. The summed E-state index contributed by atoms with van der Waals surface area (Å²) in [4.78, 5) is 0. The third-order valence-corrected chi connectivity index (χ3v) is 0.802. The molecule has 0 nitrogen and oxygen atoms in total. The molecular formula is C3H6Br. The molecule has 0 aromatic heterocycles. The van der Waals surface area contributed by atoms with Gasteiger partial charge >= 0.3 is 0 Å². The van der Waals surface area contributed by atoms with Crippen LogP contribution in [0.5, 0.6) is 0 Å². The Kier molecular flexibility index (Phi) is 3.90. The Balaban J connectivity index is 1.97.